The largest absolute Gasteiger partial charge is 0.560 e. The molecule has 0 aliphatic rings. The van der Waals surface area contributed by atoms with Gasteiger partial charge in [0.1, 0.15) is 11.6 Å². The number of hydrogen-bond acceptors (Lipinski definition) is 3. The first-order valence-corrected chi connectivity index (χ1v) is 5.46. The summed E-state index contributed by atoms with van der Waals surface area (Å²) < 4.78 is 31.8. The van der Waals surface area contributed by atoms with Gasteiger partial charge in [0, 0.05) is 0 Å². The average Bonchev–Trinajstić information content (AvgIpc) is 2.43. The molecule has 3 nitrogen and oxygen atoms in total. The first kappa shape index (κ1) is 13.2. The Morgan fingerprint density at radius 2 is 1.79 bits per heavy atom. The Bertz CT molecular complexity index is 590. The Kier molecular flexibility index (Phi) is 3.92. The average molecular weight is 262 g/mol. The maximum absolute atomic E-state index is 13.7. The van der Waals surface area contributed by atoms with Gasteiger partial charge in [0.15, 0.2) is 12.1 Å². The highest BCUT2D eigenvalue weighted by Gasteiger charge is 2.22. The molecular formula is C13H9BF2O3. The van der Waals surface area contributed by atoms with Gasteiger partial charge in [-0.25, -0.2) is 8.78 Å². The molecule has 0 aromatic heterocycles. The van der Waals surface area contributed by atoms with Crippen LogP contribution in [0.5, 0.6) is 5.75 Å². The third-order valence-corrected chi connectivity index (χ3v) is 2.53. The fourth-order valence-electron chi connectivity index (χ4n) is 1.55. The van der Waals surface area contributed by atoms with Crippen molar-refractivity contribution >= 4 is 18.9 Å². The molecule has 0 spiro atoms. The summed E-state index contributed by atoms with van der Waals surface area (Å²) >= 11 is 0. The SMILES string of the molecule is O=Cc1c(F)ccc(OB(O)c2ccccc2)c1F. The Morgan fingerprint density at radius 3 is 2.42 bits per heavy atom. The van der Waals surface area contributed by atoms with Crippen LogP contribution in [-0.2, 0) is 0 Å². The van der Waals surface area contributed by atoms with E-state index < -0.39 is 24.3 Å². The molecule has 0 aliphatic heterocycles. The summed E-state index contributed by atoms with van der Waals surface area (Å²) in [6, 6.07) is 10.2. The highest BCUT2D eigenvalue weighted by Crippen LogP contribution is 2.22. The molecule has 0 bridgehead atoms. The lowest BCUT2D eigenvalue weighted by molar-refractivity contribution is 0.111. The first-order chi connectivity index (χ1) is 9.13. The van der Waals surface area contributed by atoms with E-state index in [-0.39, 0.29) is 12.0 Å². The van der Waals surface area contributed by atoms with Gasteiger partial charge in [-0.1, -0.05) is 30.3 Å². The number of carbonyl (C=O) groups excluding carboxylic acids is 1. The minimum absolute atomic E-state index is 0.0619. The smallest absolute Gasteiger partial charge is 0.530 e. The molecule has 2 rings (SSSR count). The van der Waals surface area contributed by atoms with E-state index in [1.165, 1.54) is 0 Å². The molecule has 0 saturated heterocycles. The molecule has 0 amide bonds. The molecule has 0 saturated carbocycles. The minimum Gasteiger partial charge on any atom is -0.530 e. The lowest BCUT2D eigenvalue weighted by Crippen LogP contribution is -2.36. The van der Waals surface area contributed by atoms with Crippen LogP contribution in [0.15, 0.2) is 42.5 Å². The Balaban J connectivity index is 2.27. The molecule has 96 valence electrons. The lowest BCUT2D eigenvalue weighted by atomic mass is 9.79. The van der Waals surface area contributed by atoms with Crippen LogP contribution in [-0.4, -0.2) is 18.4 Å². The van der Waals surface area contributed by atoms with Gasteiger partial charge < -0.3 is 9.68 Å². The van der Waals surface area contributed by atoms with Crippen LogP contribution < -0.4 is 10.1 Å². The van der Waals surface area contributed by atoms with Gasteiger partial charge in [0.25, 0.3) is 0 Å². The van der Waals surface area contributed by atoms with Crippen LogP contribution in [0.3, 0.4) is 0 Å². The van der Waals surface area contributed by atoms with Gasteiger partial charge >= 0.3 is 7.12 Å². The quantitative estimate of drug-likeness (QED) is 0.671. The summed E-state index contributed by atoms with van der Waals surface area (Å²) in [6.07, 6.45) is 0.0619. The molecule has 0 aliphatic carbocycles. The summed E-state index contributed by atoms with van der Waals surface area (Å²) in [6.45, 7) is 0. The molecule has 2 aromatic rings. The Labute approximate surface area is 108 Å². The molecule has 0 unspecified atom stereocenters. The van der Waals surface area contributed by atoms with E-state index in [0.717, 1.165) is 12.1 Å². The number of hydrogen-bond donors (Lipinski definition) is 1. The van der Waals surface area contributed by atoms with E-state index in [2.05, 4.69) is 0 Å². The zero-order chi connectivity index (χ0) is 13.8. The second-order valence-corrected chi connectivity index (χ2v) is 3.77. The Hall–Kier alpha value is -2.21. The molecule has 0 atom stereocenters. The number of benzene rings is 2. The predicted molar refractivity (Wildman–Crippen MR) is 66.4 cm³/mol. The molecule has 1 N–H and O–H groups in total. The van der Waals surface area contributed by atoms with Crippen LogP contribution in [0.1, 0.15) is 10.4 Å². The van der Waals surface area contributed by atoms with Crippen molar-refractivity contribution in [1.29, 1.82) is 0 Å². The van der Waals surface area contributed by atoms with Gasteiger partial charge in [-0.15, -0.1) is 0 Å². The summed E-state index contributed by atoms with van der Waals surface area (Å²) in [5.41, 5.74) is -0.309. The van der Waals surface area contributed by atoms with Gasteiger partial charge in [0.05, 0.1) is 5.56 Å². The molecule has 0 radical (unpaired) electrons. The van der Waals surface area contributed by atoms with Gasteiger partial charge in [-0.05, 0) is 17.6 Å². The number of carbonyl (C=O) groups is 1. The van der Waals surface area contributed by atoms with Crippen LogP contribution >= 0.6 is 0 Å². The Morgan fingerprint density at radius 1 is 1.11 bits per heavy atom. The molecule has 2 aromatic carbocycles. The predicted octanol–water partition coefficient (Wildman–Crippen LogP) is 1.54. The minimum atomic E-state index is -1.40. The highest BCUT2D eigenvalue weighted by molar-refractivity contribution is 6.60. The molecular weight excluding hydrogens is 253 g/mol. The fraction of sp³-hybridized carbons (Fsp3) is 0. The lowest BCUT2D eigenvalue weighted by Gasteiger charge is -2.11. The van der Waals surface area contributed by atoms with Gasteiger partial charge in [-0.3, -0.25) is 4.79 Å². The maximum atomic E-state index is 13.7. The van der Waals surface area contributed by atoms with Crippen molar-refractivity contribution in [3.8, 4) is 5.75 Å². The van der Waals surface area contributed by atoms with Crippen molar-refractivity contribution in [2.24, 2.45) is 0 Å². The summed E-state index contributed by atoms with van der Waals surface area (Å²) in [7, 11) is -1.40. The van der Waals surface area contributed by atoms with Crippen molar-refractivity contribution in [3.63, 3.8) is 0 Å². The summed E-state index contributed by atoms with van der Waals surface area (Å²) in [5, 5.41) is 9.76. The van der Waals surface area contributed by atoms with E-state index >= 15 is 0 Å². The third-order valence-electron chi connectivity index (χ3n) is 2.53. The van der Waals surface area contributed by atoms with E-state index in [4.69, 9.17) is 4.65 Å². The van der Waals surface area contributed by atoms with Crippen molar-refractivity contribution < 1.29 is 23.3 Å². The van der Waals surface area contributed by atoms with Crippen molar-refractivity contribution in [2.45, 2.75) is 0 Å². The van der Waals surface area contributed by atoms with Crippen molar-refractivity contribution in [3.05, 3.63) is 59.7 Å². The zero-order valence-electron chi connectivity index (χ0n) is 9.72. The van der Waals surface area contributed by atoms with Crippen LogP contribution in [0.2, 0.25) is 0 Å². The van der Waals surface area contributed by atoms with Crippen molar-refractivity contribution in [1.82, 2.24) is 0 Å². The first-order valence-electron chi connectivity index (χ1n) is 5.46. The number of aldehydes is 1. The molecule has 0 heterocycles. The fourth-order valence-corrected chi connectivity index (χ4v) is 1.55. The summed E-state index contributed by atoms with van der Waals surface area (Å²) in [4.78, 5) is 10.6. The van der Waals surface area contributed by atoms with E-state index in [1.807, 2.05) is 0 Å². The zero-order valence-corrected chi connectivity index (χ0v) is 9.72. The van der Waals surface area contributed by atoms with Crippen LogP contribution in [0, 0.1) is 11.6 Å². The molecule has 0 fully saturated rings. The van der Waals surface area contributed by atoms with E-state index in [0.29, 0.717) is 5.46 Å². The third kappa shape index (κ3) is 2.79. The standard InChI is InChI=1S/C13H9BF2O3/c15-11-6-7-12(13(16)10(11)8-17)19-14(18)9-4-2-1-3-5-9/h1-8,18H. The van der Waals surface area contributed by atoms with E-state index in [1.54, 1.807) is 30.3 Å². The topological polar surface area (TPSA) is 46.5 Å². The molecule has 19 heavy (non-hydrogen) atoms. The van der Waals surface area contributed by atoms with Gasteiger partial charge in [0.2, 0.25) is 0 Å². The maximum Gasteiger partial charge on any atom is 0.560 e. The summed E-state index contributed by atoms with van der Waals surface area (Å²) in [5.74, 6) is -2.50. The number of halogens is 2. The van der Waals surface area contributed by atoms with Crippen LogP contribution in [0.4, 0.5) is 8.78 Å². The van der Waals surface area contributed by atoms with E-state index in [9.17, 15) is 18.6 Å². The van der Waals surface area contributed by atoms with Crippen LogP contribution in [0.25, 0.3) is 0 Å². The monoisotopic (exact) mass is 262 g/mol. The number of rotatable bonds is 4. The van der Waals surface area contributed by atoms with Gasteiger partial charge in [-0.2, -0.15) is 0 Å². The van der Waals surface area contributed by atoms with Crippen molar-refractivity contribution in [2.75, 3.05) is 0 Å². The molecule has 6 heteroatoms. The second-order valence-electron chi connectivity index (χ2n) is 3.77. The highest BCUT2D eigenvalue weighted by atomic mass is 19.1. The normalized spacial score (nSPS) is 10.1. The second kappa shape index (κ2) is 5.62.